The summed E-state index contributed by atoms with van der Waals surface area (Å²) in [5.74, 6) is 0.530. The highest BCUT2D eigenvalue weighted by molar-refractivity contribution is 7.99. The second-order valence-corrected chi connectivity index (χ2v) is 10.5. The number of hydrogen-bond donors (Lipinski definition) is 2. The summed E-state index contributed by atoms with van der Waals surface area (Å²) in [6.07, 6.45) is 0. The van der Waals surface area contributed by atoms with Gasteiger partial charge in [0.1, 0.15) is 5.75 Å². The number of benzene rings is 3. The lowest BCUT2D eigenvalue weighted by Crippen LogP contribution is -2.25. The van der Waals surface area contributed by atoms with Crippen LogP contribution in [0.5, 0.6) is 5.75 Å². The summed E-state index contributed by atoms with van der Waals surface area (Å²) in [7, 11) is 0. The van der Waals surface area contributed by atoms with E-state index in [1.165, 1.54) is 23.9 Å². The maximum atomic E-state index is 12.7. The zero-order chi connectivity index (χ0) is 27.9. The molecular formula is C26H21Cl4N5O3S. The van der Waals surface area contributed by atoms with Crippen molar-refractivity contribution in [3.05, 3.63) is 92.1 Å². The molecule has 39 heavy (non-hydrogen) atoms. The number of anilines is 1. The fraction of sp³-hybridized carbons (Fsp3) is 0.154. The van der Waals surface area contributed by atoms with Crippen molar-refractivity contribution in [1.82, 2.24) is 20.1 Å². The van der Waals surface area contributed by atoms with E-state index in [0.29, 0.717) is 44.0 Å². The zero-order valence-corrected chi connectivity index (χ0v) is 24.2. The van der Waals surface area contributed by atoms with Crippen molar-refractivity contribution in [2.75, 3.05) is 17.7 Å². The summed E-state index contributed by atoms with van der Waals surface area (Å²) in [4.78, 5) is 25.4. The van der Waals surface area contributed by atoms with Crippen LogP contribution in [0.3, 0.4) is 0 Å². The van der Waals surface area contributed by atoms with Crippen LogP contribution in [-0.4, -0.2) is 38.9 Å². The van der Waals surface area contributed by atoms with E-state index >= 15 is 0 Å². The van der Waals surface area contributed by atoms with Gasteiger partial charge in [-0.15, -0.1) is 10.2 Å². The van der Waals surface area contributed by atoms with Crippen molar-refractivity contribution in [3.8, 4) is 11.4 Å². The van der Waals surface area contributed by atoms with Crippen LogP contribution in [0.1, 0.15) is 23.1 Å². The van der Waals surface area contributed by atoms with Gasteiger partial charge in [-0.1, -0.05) is 58.2 Å². The van der Waals surface area contributed by atoms with E-state index in [0.717, 1.165) is 5.75 Å². The van der Waals surface area contributed by atoms with Crippen LogP contribution < -0.4 is 15.4 Å². The maximum absolute atomic E-state index is 12.7. The van der Waals surface area contributed by atoms with Crippen LogP contribution in [0.4, 0.5) is 5.69 Å². The number of carbonyl (C=O) groups is 2. The molecule has 4 rings (SSSR count). The summed E-state index contributed by atoms with van der Waals surface area (Å²) < 4.78 is 7.12. The topological polar surface area (TPSA) is 98.1 Å². The second-order valence-electron chi connectivity index (χ2n) is 7.93. The number of aromatic nitrogens is 3. The highest BCUT2D eigenvalue weighted by Gasteiger charge is 2.19. The molecule has 0 saturated carbocycles. The molecule has 0 unspecified atom stereocenters. The quantitative estimate of drug-likeness (QED) is 0.185. The van der Waals surface area contributed by atoms with E-state index in [9.17, 15) is 9.59 Å². The van der Waals surface area contributed by atoms with Crippen LogP contribution in [0.15, 0.2) is 65.8 Å². The highest BCUT2D eigenvalue weighted by atomic mass is 35.5. The minimum Gasteiger partial charge on any atom is -0.494 e. The Balaban J connectivity index is 1.50. The number of nitrogens with one attached hydrogen (secondary N) is 2. The van der Waals surface area contributed by atoms with Gasteiger partial charge in [0.05, 0.1) is 45.2 Å². The first-order chi connectivity index (χ1) is 18.7. The minimum atomic E-state index is -0.413. The van der Waals surface area contributed by atoms with Gasteiger partial charge in [0.2, 0.25) is 5.91 Å². The van der Waals surface area contributed by atoms with Gasteiger partial charge in [-0.25, -0.2) is 0 Å². The molecule has 0 bridgehead atoms. The van der Waals surface area contributed by atoms with Crippen LogP contribution in [0, 0.1) is 0 Å². The molecule has 0 aliphatic heterocycles. The van der Waals surface area contributed by atoms with Crippen molar-refractivity contribution in [2.24, 2.45) is 0 Å². The monoisotopic (exact) mass is 623 g/mol. The first-order valence-corrected chi connectivity index (χ1v) is 14.0. The number of thioether (sulfide) groups is 1. The van der Waals surface area contributed by atoms with Crippen molar-refractivity contribution < 1.29 is 14.3 Å². The molecule has 1 aromatic heterocycles. The summed E-state index contributed by atoms with van der Waals surface area (Å²) >= 11 is 25.6. The Hall–Kier alpha value is -2.95. The molecule has 2 N–H and O–H groups in total. The lowest BCUT2D eigenvalue weighted by molar-refractivity contribution is -0.113. The van der Waals surface area contributed by atoms with E-state index in [4.69, 9.17) is 51.1 Å². The fourth-order valence-electron chi connectivity index (χ4n) is 3.45. The molecule has 0 aliphatic rings. The number of hydrogen-bond acceptors (Lipinski definition) is 6. The van der Waals surface area contributed by atoms with E-state index in [-0.39, 0.29) is 28.8 Å². The third-order valence-electron chi connectivity index (χ3n) is 5.23. The van der Waals surface area contributed by atoms with Crippen LogP contribution in [0.25, 0.3) is 5.69 Å². The number of halogens is 4. The van der Waals surface area contributed by atoms with E-state index in [1.807, 2.05) is 6.92 Å². The molecule has 0 fully saturated rings. The van der Waals surface area contributed by atoms with Gasteiger partial charge in [-0.2, -0.15) is 0 Å². The molecule has 2 amide bonds. The van der Waals surface area contributed by atoms with E-state index in [1.54, 1.807) is 53.1 Å². The number of carbonyl (C=O) groups excluding carboxylic acids is 2. The summed E-state index contributed by atoms with van der Waals surface area (Å²) in [6, 6.07) is 16.7. The summed E-state index contributed by atoms with van der Waals surface area (Å²) in [6.45, 7) is 2.48. The third kappa shape index (κ3) is 7.58. The van der Waals surface area contributed by atoms with Crippen molar-refractivity contribution in [3.63, 3.8) is 0 Å². The number of rotatable bonds is 10. The molecule has 0 atom stereocenters. The van der Waals surface area contributed by atoms with Gasteiger partial charge in [-0.3, -0.25) is 14.2 Å². The number of amides is 2. The van der Waals surface area contributed by atoms with Gasteiger partial charge < -0.3 is 15.4 Å². The fourth-order valence-corrected chi connectivity index (χ4v) is 5.01. The van der Waals surface area contributed by atoms with E-state index < -0.39 is 5.91 Å². The van der Waals surface area contributed by atoms with Crippen LogP contribution in [0.2, 0.25) is 20.1 Å². The Morgan fingerprint density at radius 1 is 0.923 bits per heavy atom. The van der Waals surface area contributed by atoms with Gasteiger partial charge in [0, 0.05) is 10.7 Å². The lowest BCUT2D eigenvalue weighted by atomic mass is 10.2. The molecule has 8 nitrogen and oxygen atoms in total. The average molecular weight is 625 g/mol. The summed E-state index contributed by atoms with van der Waals surface area (Å²) in [5, 5.41) is 15.9. The standard InChI is InChI=1S/C26H21Cl4N5O3S/c1-2-38-18-7-4-16(5-8-18)32-24(36)14-39-26-34-33-23(35(26)17-6-10-20(28)22(30)12-17)13-31-25(37)19-9-3-15(27)11-21(19)29/h3-12H,2,13-14H2,1H3,(H,31,37)(H,32,36). The highest BCUT2D eigenvalue weighted by Crippen LogP contribution is 2.29. The predicted octanol–water partition coefficient (Wildman–Crippen LogP) is 6.94. The molecule has 1 heterocycles. The third-order valence-corrected chi connectivity index (χ3v) is 7.44. The van der Waals surface area contributed by atoms with Gasteiger partial charge >= 0.3 is 0 Å². The van der Waals surface area contributed by atoms with Crippen molar-refractivity contribution in [2.45, 2.75) is 18.6 Å². The second kappa shape index (κ2) is 13.4. The smallest absolute Gasteiger partial charge is 0.253 e. The van der Waals surface area contributed by atoms with Gasteiger partial charge in [-0.05, 0) is 67.6 Å². The molecular weight excluding hydrogens is 604 g/mol. The van der Waals surface area contributed by atoms with Crippen molar-refractivity contribution >= 4 is 75.7 Å². The molecule has 3 aromatic carbocycles. The SMILES string of the molecule is CCOc1ccc(NC(=O)CSc2nnc(CNC(=O)c3ccc(Cl)cc3Cl)n2-c2ccc(Cl)c(Cl)c2)cc1. The maximum Gasteiger partial charge on any atom is 0.253 e. The first kappa shape index (κ1) is 29.0. The van der Waals surface area contributed by atoms with Crippen LogP contribution in [-0.2, 0) is 11.3 Å². The normalized spacial score (nSPS) is 10.8. The van der Waals surface area contributed by atoms with Gasteiger partial charge in [0.25, 0.3) is 5.91 Å². The number of ether oxygens (including phenoxy) is 1. The van der Waals surface area contributed by atoms with Crippen LogP contribution >= 0.6 is 58.2 Å². The first-order valence-electron chi connectivity index (χ1n) is 11.5. The Labute approximate surface area is 248 Å². The Morgan fingerprint density at radius 3 is 2.38 bits per heavy atom. The number of nitrogens with zero attached hydrogens (tertiary/aromatic N) is 3. The Morgan fingerprint density at radius 2 is 1.69 bits per heavy atom. The van der Waals surface area contributed by atoms with Crippen molar-refractivity contribution in [1.29, 1.82) is 0 Å². The largest absolute Gasteiger partial charge is 0.494 e. The average Bonchev–Trinajstić information content (AvgIpc) is 3.32. The Bertz CT molecular complexity index is 1500. The molecule has 4 aromatic rings. The molecule has 202 valence electrons. The minimum absolute atomic E-state index is 0.0178. The van der Waals surface area contributed by atoms with Gasteiger partial charge in [0.15, 0.2) is 11.0 Å². The molecule has 0 aliphatic carbocycles. The molecule has 0 radical (unpaired) electrons. The predicted molar refractivity (Wildman–Crippen MR) is 156 cm³/mol. The molecule has 0 spiro atoms. The Kier molecular flexibility index (Phi) is 9.99. The van der Waals surface area contributed by atoms with E-state index in [2.05, 4.69) is 20.8 Å². The summed E-state index contributed by atoms with van der Waals surface area (Å²) in [5.41, 5.74) is 1.51. The molecule has 13 heteroatoms. The lowest BCUT2D eigenvalue weighted by Gasteiger charge is -2.12. The molecule has 0 saturated heterocycles. The zero-order valence-electron chi connectivity index (χ0n) is 20.4.